The molecular formula is C10H20N2O4S. The molecule has 0 spiro atoms. The quantitative estimate of drug-likeness (QED) is 0.660. The number of carbonyl (C=O) groups is 1. The molecule has 17 heavy (non-hydrogen) atoms. The minimum Gasteiger partial charge on any atom is -0.480 e. The molecule has 1 unspecified atom stereocenters. The fourth-order valence-electron chi connectivity index (χ4n) is 1.95. The van der Waals surface area contributed by atoms with Gasteiger partial charge in [0.1, 0.15) is 0 Å². The van der Waals surface area contributed by atoms with Crippen LogP contribution in [0.15, 0.2) is 0 Å². The fourth-order valence-corrected chi connectivity index (χ4v) is 2.92. The smallest absolute Gasteiger partial charge is 0.320 e. The molecule has 2 N–H and O–H groups in total. The van der Waals surface area contributed by atoms with Crippen molar-refractivity contribution in [3.63, 3.8) is 0 Å². The van der Waals surface area contributed by atoms with Crippen LogP contribution in [0, 0.1) is 5.92 Å². The third kappa shape index (κ3) is 5.99. The number of nitrogens with zero attached hydrogens (tertiary/aromatic N) is 1. The maximum absolute atomic E-state index is 11.3. The van der Waals surface area contributed by atoms with Crippen LogP contribution in [0.25, 0.3) is 0 Å². The molecule has 1 heterocycles. The molecule has 1 aliphatic heterocycles. The van der Waals surface area contributed by atoms with Crippen molar-refractivity contribution in [2.24, 2.45) is 5.92 Å². The van der Waals surface area contributed by atoms with Crippen molar-refractivity contribution in [1.82, 2.24) is 9.62 Å². The van der Waals surface area contributed by atoms with E-state index in [-0.39, 0.29) is 5.92 Å². The van der Waals surface area contributed by atoms with Gasteiger partial charge in [-0.2, -0.15) is 0 Å². The zero-order chi connectivity index (χ0) is 12.9. The summed E-state index contributed by atoms with van der Waals surface area (Å²) in [5.74, 6) is -2.00. The third-order valence-electron chi connectivity index (χ3n) is 2.73. The molecule has 7 heteroatoms. The molecule has 0 saturated carbocycles. The number of carboxylic acid groups (broad SMARTS) is 1. The van der Waals surface area contributed by atoms with Gasteiger partial charge in [0.25, 0.3) is 0 Å². The Morgan fingerprint density at radius 1 is 1.41 bits per heavy atom. The van der Waals surface area contributed by atoms with Crippen LogP contribution in [0.5, 0.6) is 0 Å². The molecule has 100 valence electrons. The van der Waals surface area contributed by atoms with Gasteiger partial charge in [-0.15, -0.1) is 0 Å². The minimum absolute atomic E-state index is 0.191. The van der Waals surface area contributed by atoms with Crippen molar-refractivity contribution in [2.45, 2.75) is 19.8 Å². The second-order valence-electron chi connectivity index (χ2n) is 4.61. The Balaban J connectivity index is 2.26. The first-order valence-electron chi connectivity index (χ1n) is 5.80. The van der Waals surface area contributed by atoms with Crippen molar-refractivity contribution in [3.05, 3.63) is 0 Å². The van der Waals surface area contributed by atoms with E-state index in [2.05, 4.69) is 9.62 Å². The number of hydrogen-bond acceptors (Lipinski definition) is 4. The van der Waals surface area contributed by atoms with Crippen LogP contribution < -0.4 is 4.72 Å². The zero-order valence-corrected chi connectivity index (χ0v) is 10.9. The highest BCUT2D eigenvalue weighted by molar-refractivity contribution is 7.90. The summed E-state index contributed by atoms with van der Waals surface area (Å²) >= 11 is 0. The Labute approximate surface area is 102 Å². The van der Waals surface area contributed by atoms with Crippen LogP contribution >= 0.6 is 0 Å². The molecule has 0 aromatic carbocycles. The van der Waals surface area contributed by atoms with Gasteiger partial charge in [-0.05, 0) is 31.8 Å². The lowest BCUT2D eigenvalue weighted by Crippen LogP contribution is -2.36. The van der Waals surface area contributed by atoms with Gasteiger partial charge in [0.2, 0.25) is 10.0 Å². The molecule has 0 aromatic rings. The van der Waals surface area contributed by atoms with Crippen LogP contribution in [-0.2, 0) is 14.8 Å². The number of rotatable bonds is 7. The normalized spacial score (nSPS) is 19.4. The van der Waals surface area contributed by atoms with Crippen molar-refractivity contribution < 1.29 is 18.3 Å². The predicted octanol–water partition coefficient (Wildman–Crippen LogP) is -0.278. The third-order valence-corrected chi connectivity index (χ3v) is 3.97. The van der Waals surface area contributed by atoms with Crippen molar-refractivity contribution in [2.75, 3.05) is 31.9 Å². The van der Waals surface area contributed by atoms with E-state index in [1.807, 2.05) is 6.92 Å². The average Bonchev–Trinajstić information content (AvgIpc) is 2.65. The summed E-state index contributed by atoms with van der Waals surface area (Å²) in [6.45, 7) is 5.27. The number of aliphatic carboxylic acids is 1. The van der Waals surface area contributed by atoms with E-state index in [0.717, 1.165) is 19.6 Å². The number of carboxylic acids is 1. The standard InChI is InChI=1S/C10H20N2O4S/c1-9(7-12-4-2-3-5-12)6-11-17(15,16)8-10(13)14/h9,11H,2-8H2,1H3,(H,13,14). The lowest BCUT2D eigenvalue weighted by molar-refractivity contribution is -0.134. The zero-order valence-electron chi connectivity index (χ0n) is 10.1. The first-order chi connectivity index (χ1) is 7.89. The maximum atomic E-state index is 11.3. The maximum Gasteiger partial charge on any atom is 0.320 e. The summed E-state index contributed by atoms with van der Waals surface area (Å²) in [5, 5.41) is 8.42. The predicted molar refractivity (Wildman–Crippen MR) is 64.3 cm³/mol. The van der Waals surface area contributed by atoms with Crippen molar-refractivity contribution >= 4 is 16.0 Å². The summed E-state index contributed by atoms with van der Waals surface area (Å²) in [5.41, 5.74) is 0. The van der Waals surface area contributed by atoms with E-state index < -0.39 is 21.7 Å². The van der Waals surface area contributed by atoms with Crippen LogP contribution in [0.3, 0.4) is 0 Å². The van der Waals surface area contributed by atoms with E-state index in [1.165, 1.54) is 12.8 Å². The highest BCUT2D eigenvalue weighted by atomic mass is 32.2. The molecule has 1 fully saturated rings. The molecular weight excluding hydrogens is 244 g/mol. The summed E-state index contributed by atoms with van der Waals surface area (Å²) in [4.78, 5) is 12.6. The molecule has 0 aliphatic carbocycles. The monoisotopic (exact) mass is 264 g/mol. The first-order valence-corrected chi connectivity index (χ1v) is 7.46. The van der Waals surface area contributed by atoms with Crippen LogP contribution in [0.1, 0.15) is 19.8 Å². The number of nitrogens with one attached hydrogen (secondary N) is 1. The van der Waals surface area contributed by atoms with E-state index in [9.17, 15) is 13.2 Å². The number of hydrogen-bond donors (Lipinski definition) is 2. The first kappa shape index (κ1) is 14.4. The van der Waals surface area contributed by atoms with Gasteiger partial charge < -0.3 is 10.0 Å². The Morgan fingerprint density at radius 2 is 2.00 bits per heavy atom. The SMILES string of the molecule is CC(CNS(=O)(=O)CC(=O)O)CN1CCCC1. The number of likely N-dealkylation sites (tertiary alicyclic amines) is 1. The van der Waals surface area contributed by atoms with E-state index >= 15 is 0 Å². The lowest BCUT2D eigenvalue weighted by Gasteiger charge is -2.20. The Morgan fingerprint density at radius 3 is 2.53 bits per heavy atom. The van der Waals surface area contributed by atoms with Gasteiger partial charge in [0.15, 0.2) is 5.75 Å². The molecule has 1 aliphatic rings. The van der Waals surface area contributed by atoms with Crippen molar-refractivity contribution in [1.29, 1.82) is 0 Å². The second-order valence-corrected chi connectivity index (χ2v) is 6.42. The molecule has 6 nitrogen and oxygen atoms in total. The minimum atomic E-state index is -3.68. The Kier molecular flexibility index (Phi) is 5.35. The van der Waals surface area contributed by atoms with Gasteiger partial charge in [0.05, 0.1) is 0 Å². The summed E-state index contributed by atoms with van der Waals surface area (Å²) in [6, 6.07) is 0. The molecule has 1 atom stereocenters. The van der Waals surface area contributed by atoms with Gasteiger partial charge in [-0.25, -0.2) is 13.1 Å². The van der Waals surface area contributed by atoms with Gasteiger partial charge in [-0.1, -0.05) is 6.92 Å². The number of sulfonamides is 1. The molecule has 1 saturated heterocycles. The lowest BCUT2D eigenvalue weighted by atomic mass is 10.2. The second kappa shape index (κ2) is 6.32. The topological polar surface area (TPSA) is 86.7 Å². The van der Waals surface area contributed by atoms with E-state index in [0.29, 0.717) is 6.54 Å². The molecule has 0 amide bonds. The summed E-state index contributed by atoms with van der Waals surface area (Å²) in [7, 11) is -3.68. The highest BCUT2D eigenvalue weighted by Gasteiger charge is 2.18. The van der Waals surface area contributed by atoms with Crippen LogP contribution in [0.2, 0.25) is 0 Å². The van der Waals surface area contributed by atoms with E-state index in [1.54, 1.807) is 0 Å². The van der Waals surface area contributed by atoms with Crippen LogP contribution in [0.4, 0.5) is 0 Å². The average molecular weight is 264 g/mol. The highest BCUT2D eigenvalue weighted by Crippen LogP contribution is 2.09. The van der Waals surface area contributed by atoms with Gasteiger partial charge in [-0.3, -0.25) is 4.79 Å². The largest absolute Gasteiger partial charge is 0.480 e. The van der Waals surface area contributed by atoms with Crippen LogP contribution in [-0.4, -0.2) is 56.3 Å². The Bertz CT molecular complexity index is 349. The molecule has 0 aromatic heterocycles. The molecule has 0 radical (unpaired) electrons. The van der Waals surface area contributed by atoms with Crippen molar-refractivity contribution in [3.8, 4) is 0 Å². The summed E-state index contributed by atoms with van der Waals surface area (Å²) in [6.07, 6.45) is 2.41. The fraction of sp³-hybridized carbons (Fsp3) is 0.900. The molecule has 0 bridgehead atoms. The summed E-state index contributed by atoms with van der Waals surface area (Å²) < 4.78 is 24.9. The molecule has 1 rings (SSSR count). The van der Waals surface area contributed by atoms with Gasteiger partial charge >= 0.3 is 5.97 Å². The van der Waals surface area contributed by atoms with E-state index in [4.69, 9.17) is 5.11 Å². The van der Waals surface area contributed by atoms with Gasteiger partial charge in [0, 0.05) is 13.1 Å². The Hall–Kier alpha value is -0.660.